The van der Waals surface area contributed by atoms with Crippen LogP contribution in [0, 0.1) is 5.82 Å². The van der Waals surface area contributed by atoms with Gasteiger partial charge in [0.25, 0.3) is 5.56 Å². The molecule has 0 fully saturated rings. The van der Waals surface area contributed by atoms with Gasteiger partial charge in [0, 0.05) is 29.8 Å². The Hall–Kier alpha value is -2.48. The van der Waals surface area contributed by atoms with E-state index in [-0.39, 0.29) is 49.2 Å². The molecule has 0 aliphatic rings. The predicted molar refractivity (Wildman–Crippen MR) is 94.5 cm³/mol. The third-order valence-electron chi connectivity index (χ3n) is 3.28. The summed E-state index contributed by atoms with van der Waals surface area (Å²) in [5.41, 5.74) is 0.303. The molecule has 0 radical (unpaired) electrons. The fraction of sp³-hybridized carbons (Fsp3) is 0.235. The number of carbonyl (C=O) groups excluding carboxylic acids is 2. The lowest BCUT2D eigenvalue weighted by Gasteiger charge is -2.09. The fourth-order valence-electron chi connectivity index (χ4n) is 2.14. The van der Waals surface area contributed by atoms with E-state index in [0.29, 0.717) is 10.0 Å². The van der Waals surface area contributed by atoms with Crippen molar-refractivity contribution < 1.29 is 14.0 Å². The number of pyridine rings is 1. The van der Waals surface area contributed by atoms with E-state index in [1.54, 1.807) is 18.2 Å². The van der Waals surface area contributed by atoms with Crippen molar-refractivity contribution in [3.05, 3.63) is 68.8 Å². The maximum atomic E-state index is 13.0. The molecule has 0 aliphatic carbocycles. The molecule has 2 aromatic rings. The molecule has 0 unspecified atom stereocenters. The quantitative estimate of drug-likeness (QED) is 0.674. The molecule has 0 saturated carbocycles. The number of benzene rings is 1. The van der Waals surface area contributed by atoms with Crippen LogP contribution < -0.4 is 16.2 Å². The van der Waals surface area contributed by atoms with E-state index in [2.05, 4.69) is 26.6 Å². The lowest BCUT2D eigenvalue weighted by Crippen LogP contribution is -2.37. The Morgan fingerprint density at radius 2 is 1.80 bits per heavy atom. The van der Waals surface area contributed by atoms with Crippen molar-refractivity contribution >= 4 is 27.7 Å². The molecule has 8 heteroatoms. The Labute approximate surface area is 152 Å². The highest BCUT2D eigenvalue weighted by Crippen LogP contribution is 2.05. The van der Waals surface area contributed by atoms with Crippen molar-refractivity contribution in [2.45, 2.75) is 13.0 Å². The first-order chi connectivity index (χ1) is 11.9. The third kappa shape index (κ3) is 6.50. The van der Waals surface area contributed by atoms with Crippen molar-refractivity contribution in [1.82, 2.24) is 15.2 Å². The summed E-state index contributed by atoms with van der Waals surface area (Å²) >= 11 is 3.24. The van der Waals surface area contributed by atoms with Crippen molar-refractivity contribution in [2.75, 3.05) is 13.1 Å². The van der Waals surface area contributed by atoms with Crippen LogP contribution in [0.4, 0.5) is 4.39 Å². The Kier molecular flexibility index (Phi) is 6.88. The number of carbonyl (C=O) groups is 2. The molecule has 0 bridgehead atoms. The summed E-state index contributed by atoms with van der Waals surface area (Å²) in [4.78, 5) is 35.2. The lowest BCUT2D eigenvalue weighted by atomic mass is 10.1. The van der Waals surface area contributed by atoms with Gasteiger partial charge in [0.15, 0.2) is 0 Å². The van der Waals surface area contributed by atoms with Crippen LogP contribution in [0.1, 0.15) is 5.56 Å². The smallest absolute Gasteiger partial charge is 0.251 e. The van der Waals surface area contributed by atoms with Crippen LogP contribution in [-0.4, -0.2) is 29.5 Å². The average molecular weight is 410 g/mol. The molecule has 132 valence electrons. The zero-order chi connectivity index (χ0) is 18.2. The highest BCUT2D eigenvalue weighted by atomic mass is 79.9. The average Bonchev–Trinajstić information content (AvgIpc) is 2.55. The first-order valence-corrected chi connectivity index (χ1v) is 8.37. The van der Waals surface area contributed by atoms with Gasteiger partial charge in [0.2, 0.25) is 11.8 Å². The van der Waals surface area contributed by atoms with Gasteiger partial charge in [-0.1, -0.05) is 12.1 Å². The molecular weight excluding hydrogens is 393 g/mol. The van der Waals surface area contributed by atoms with Crippen molar-refractivity contribution in [3.8, 4) is 0 Å². The molecule has 2 rings (SSSR count). The standard InChI is InChI=1S/C17H17BrFN3O3/c18-13-4-5-17(25)22(10-13)11-16(24)21-7-6-20-15(23)9-12-2-1-3-14(19)8-12/h1-5,8,10H,6-7,9,11H2,(H,20,23)(H,21,24). The summed E-state index contributed by atoms with van der Waals surface area (Å²) in [6, 6.07) is 8.79. The second-order valence-electron chi connectivity index (χ2n) is 5.32. The molecule has 2 N–H and O–H groups in total. The molecule has 0 aliphatic heterocycles. The summed E-state index contributed by atoms with van der Waals surface area (Å²) in [5, 5.41) is 5.26. The van der Waals surface area contributed by atoms with Crippen LogP contribution in [0.25, 0.3) is 0 Å². The number of aromatic nitrogens is 1. The van der Waals surface area contributed by atoms with Crippen LogP contribution in [0.3, 0.4) is 0 Å². The van der Waals surface area contributed by atoms with Gasteiger partial charge < -0.3 is 15.2 Å². The molecule has 2 amide bonds. The van der Waals surface area contributed by atoms with Gasteiger partial charge >= 0.3 is 0 Å². The first-order valence-electron chi connectivity index (χ1n) is 7.58. The molecule has 25 heavy (non-hydrogen) atoms. The minimum atomic E-state index is -0.389. The first kappa shape index (κ1) is 18.9. The summed E-state index contributed by atoms with van der Waals surface area (Å²) in [6.07, 6.45) is 1.60. The van der Waals surface area contributed by atoms with E-state index >= 15 is 0 Å². The van der Waals surface area contributed by atoms with Crippen molar-refractivity contribution in [2.24, 2.45) is 0 Å². The third-order valence-corrected chi connectivity index (χ3v) is 3.75. The Morgan fingerprint density at radius 3 is 2.52 bits per heavy atom. The molecule has 0 saturated heterocycles. The van der Waals surface area contributed by atoms with Gasteiger partial charge in [-0.25, -0.2) is 4.39 Å². The van der Waals surface area contributed by atoms with Crippen LogP contribution >= 0.6 is 15.9 Å². The highest BCUT2D eigenvalue weighted by Gasteiger charge is 2.06. The summed E-state index contributed by atoms with van der Waals surface area (Å²) in [6.45, 7) is 0.374. The molecule has 1 aromatic heterocycles. The molecule has 0 atom stereocenters. The summed E-state index contributed by atoms with van der Waals surface area (Å²) < 4.78 is 15.0. The number of rotatable bonds is 7. The van der Waals surface area contributed by atoms with E-state index in [9.17, 15) is 18.8 Å². The molecule has 6 nitrogen and oxygen atoms in total. The second kappa shape index (κ2) is 9.12. The van der Waals surface area contributed by atoms with Crippen LogP contribution in [0.5, 0.6) is 0 Å². The van der Waals surface area contributed by atoms with Crippen LogP contribution in [0.15, 0.2) is 51.9 Å². The SMILES string of the molecule is O=C(Cc1cccc(F)c1)NCCNC(=O)Cn1cc(Br)ccc1=O. The minimum absolute atomic E-state index is 0.0686. The van der Waals surface area contributed by atoms with Crippen molar-refractivity contribution in [3.63, 3.8) is 0 Å². The number of nitrogens with one attached hydrogen (secondary N) is 2. The molecule has 0 spiro atoms. The zero-order valence-corrected chi connectivity index (χ0v) is 14.9. The number of hydrogen-bond donors (Lipinski definition) is 2. The number of nitrogens with zero attached hydrogens (tertiary/aromatic N) is 1. The minimum Gasteiger partial charge on any atom is -0.354 e. The Bertz CT molecular complexity index is 823. The number of amides is 2. The van der Waals surface area contributed by atoms with Gasteiger partial charge in [0.05, 0.1) is 6.42 Å². The number of halogens is 2. The largest absolute Gasteiger partial charge is 0.354 e. The zero-order valence-electron chi connectivity index (χ0n) is 13.3. The molecule has 1 aromatic carbocycles. The summed E-state index contributed by atoms with van der Waals surface area (Å²) in [5.74, 6) is -0.983. The number of hydrogen-bond acceptors (Lipinski definition) is 3. The van der Waals surface area contributed by atoms with Crippen molar-refractivity contribution in [1.29, 1.82) is 0 Å². The monoisotopic (exact) mass is 409 g/mol. The molecule has 1 heterocycles. The van der Waals surface area contributed by atoms with E-state index in [1.807, 2.05) is 0 Å². The highest BCUT2D eigenvalue weighted by molar-refractivity contribution is 9.10. The topological polar surface area (TPSA) is 80.2 Å². The normalized spacial score (nSPS) is 10.3. The summed E-state index contributed by atoms with van der Waals surface area (Å²) in [7, 11) is 0. The van der Waals surface area contributed by atoms with Gasteiger partial charge in [-0.3, -0.25) is 14.4 Å². The van der Waals surface area contributed by atoms with Gasteiger partial charge in [-0.2, -0.15) is 0 Å². The van der Waals surface area contributed by atoms with Gasteiger partial charge in [-0.15, -0.1) is 0 Å². The maximum absolute atomic E-state index is 13.0. The lowest BCUT2D eigenvalue weighted by molar-refractivity contribution is -0.123. The van der Waals surface area contributed by atoms with Gasteiger partial charge in [-0.05, 0) is 39.7 Å². The maximum Gasteiger partial charge on any atom is 0.251 e. The van der Waals surface area contributed by atoms with E-state index < -0.39 is 0 Å². The van der Waals surface area contributed by atoms with Crippen LogP contribution in [0.2, 0.25) is 0 Å². The Morgan fingerprint density at radius 1 is 1.08 bits per heavy atom. The second-order valence-corrected chi connectivity index (χ2v) is 6.24. The van der Waals surface area contributed by atoms with Crippen LogP contribution in [-0.2, 0) is 22.6 Å². The van der Waals surface area contributed by atoms with E-state index in [4.69, 9.17) is 0 Å². The Balaban J connectivity index is 1.70. The predicted octanol–water partition coefficient (Wildman–Crippen LogP) is 1.22. The molecular formula is C17H17BrFN3O3. The fourth-order valence-corrected chi connectivity index (χ4v) is 2.51. The van der Waals surface area contributed by atoms with E-state index in [1.165, 1.54) is 29.0 Å². The van der Waals surface area contributed by atoms with E-state index in [0.717, 1.165) is 0 Å². The van der Waals surface area contributed by atoms with Gasteiger partial charge in [0.1, 0.15) is 12.4 Å².